The molecule has 0 bridgehead atoms. The second kappa shape index (κ2) is 6.04. The van der Waals surface area contributed by atoms with Gasteiger partial charge in [-0.2, -0.15) is 0 Å². The van der Waals surface area contributed by atoms with Crippen LogP contribution in [0.4, 0.5) is 0 Å². The van der Waals surface area contributed by atoms with E-state index in [-0.39, 0.29) is 11.5 Å². The van der Waals surface area contributed by atoms with E-state index in [1.165, 1.54) is 11.8 Å². The predicted molar refractivity (Wildman–Crippen MR) is 85.9 cm³/mol. The molecule has 3 heteroatoms. The van der Waals surface area contributed by atoms with E-state index < -0.39 is 10.8 Å². The third-order valence-electron chi connectivity index (χ3n) is 2.78. The van der Waals surface area contributed by atoms with Crippen molar-refractivity contribution in [1.29, 1.82) is 0 Å². The fourth-order valence-electron chi connectivity index (χ4n) is 1.49. The molecule has 0 fully saturated rings. The van der Waals surface area contributed by atoms with Gasteiger partial charge in [0.1, 0.15) is 5.76 Å². The fraction of sp³-hybridized carbons (Fsp3) is 0.471. The van der Waals surface area contributed by atoms with Gasteiger partial charge < -0.3 is 5.11 Å². The summed E-state index contributed by atoms with van der Waals surface area (Å²) < 4.78 is 0. The Kier molecular flexibility index (Phi) is 5.09. The van der Waals surface area contributed by atoms with Crippen LogP contribution in [0.15, 0.2) is 45.9 Å². The Morgan fingerprint density at radius 2 is 1.45 bits per heavy atom. The molecule has 1 aromatic rings. The maximum atomic E-state index is 12.6. The smallest absolute Gasteiger partial charge is 0.178 e. The van der Waals surface area contributed by atoms with Gasteiger partial charge in [-0.25, -0.2) is 0 Å². The molecule has 1 aromatic carbocycles. The second-order valence-corrected chi connectivity index (χ2v) is 8.01. The molecule has 0 aromatic heterocycles. The summed E-state index contributed by atoms with van der Waals surface area (Å²) in [6.45, 7) is 11.3. The highest BCUT2D eigenvalue weighted by Crippen LogP contribution is 2.38. The molecule has 20 heavy (non-hydrogen) atoms. The van der Waals surface area contributed by atoms with Gasteiger partial charge in [-0.15, -0.1) is 0 Å². The van der Waals surface area contributed by atoms with Crippen molar-refractivity contribution in [2.45, 2.75) is 46.4 Å². The molecular formula is C17H24O2S. The monoisotopic (exact) mass is 292 g/mol. The zero-order valence-corrected chi connectivity index (χ0v) is 14.0. The van der Waals surface area contributed by atoms with E-state index in [9.17, 15) is 9.90 Å². The van der Waals surface area contributed by atoms with E-state index in [1.807, 2.05) is 71.9 Å². The first-order valence-corrected chi connectivity index (χ1v) is 7.56. The lowest BCUT2D eigenvalue weighted by atomic mass is 9.86. The quantitative estimate of drug-likeness (QED) is 0.472. The van der Waals surface area contributed by atoms with E-state index in [2.05, 4.69) is 0 Å². The summed E-state index contributed by atoms with van der Waals surface area (Å²) in [6, 6.07) is 9.67. The molecule has 0 radical (unpaired) electrons. The minimum atomic E-state index is -0.518. The summed E-state index contributed by atoms with van der Waals surface area (Å²) in [5, 5.41) is 10.5. The normalized spacial score (nSPS) is 13.9. The Morgan fingerprint density at radius 1 is 0.950 bits per heavy atom. The fourth-order valence-corrected chi connectivity index (χ4v) is 2.82. The Hall–Kier alpha value is -1.22. The third kappa shape index (κ3) is 4.41. The van der Waals surface area contributed by atoms with Gasteiger partial charge in [0.25, 0.3) is 0 Å². The zero-order chi connectivity index (χ0) is 15.6. The standard InChI is InChI=1S/C17H24O2S/c1-16(2,3)14(18)13(15(19)17(4,5)6)20-12-10-8-7-9-11-12/h7-11,18H,1-6H3/b14-13+. The van der Waals surface area contributed by atoms with E-state index in [0.29, 0.717) is 4.91 Å². The lowest BCUT2D eigenvalue weighted by Crippen LogP contribution is -2.24. The maximum Gasteiger partial charge on any atom is 0.178 e. The molecule has 110 valence electrons. The van der Waals surface area contributed by atoms with Crippen molar-refractivity contribution >= 4 is 17.5 Å². The highest BCUT2D eigenvalue weighted by Gasteiger charge is 2.32. The van der Waals surface area contributed by atoms with Crippen LogP contribution < -0.4 is 0 Å². The molecule has 1 N–H and O–H groups in total. The minimum absolute atomic E-state index is 0.0289. The van der Waals surface area contributed by atoms with E-state index in [0.717, 1.165) is 4.90 Å². The molecule has 2 nitrogen and oxygen atoms in total. The number of carbonyl (C=O) groups is 1. The molecule has 0 unspecified atom stereocenters. The SMILES string of the molecule is CC(C)(C)C(=O)/C(Sc1ccccc1)=C(\O)C(C)(C)C. The number of allylic oxidation sites excluding steroid dienone is 2. The number of thioether (sulfide) groups is 1. The van der Waals surface area contributed by atoms with Crippen LogP contribution in [0.3, 0.4) is 0 Å². The molecule has 0 atom stereocenters. The average Bonchev–Trinajstić information content (AvgIpc) is 2.33. The van der Waals surface area contributed by atoms with Crippen LogP contribution in [0.25, 0.3) is 0 Å². The van der Waals surface area contributed by atoms with Crippen LogP contribution in [0.5, 0.6) is 0 Å². The number of aliphatic hydroxyl groups is 1. The number of ketones is 1. The maximum absolute atomic E-state index is 12.6. The molecule has 0 amide bonds. The Labute approximate surface area is 126 Å². The zero-order valence-electron chi connectivity index (χ0n) is 13.2. The number of rotatable bonds is 3. The first-order chi connectivity index (χ1) is 9.03. The third-order valence-corrected chi connectivity index (χ3v) is 3.87. The van der Waals surface area contributed by atoms with Gasteiger partial charge in [0.2, 0.25) is 0 Å². The molecule has 0 saturated carbocycles. The topological polar surface area (TPSA) is 37.3 Å². The van der Waals surface area contributed by atoms with Crippen molar-refractivity contribution in [2.75, 3.05) is 0 Å². The van der Waals surface area contributed by atoms with E-state index in [1.54, 1.807) is 0 Å². The summed E-state index contributed by atoms with van der Waals surface area (Å²) in [5.41, 5.74) is -0.964. The van der Waals surface area contributed by atoms with Gasteiger partial charge in [0.05, 0.1) is 4.91 Å². The second-order valence-electron chi connectivity index (χ2n) is 6.92. The lowest BCUT2D eigenvalue weighted by Gasteiger charge is -2.25. The van der Waals surface area contributed by atoms with Gasteiger partial charge in [0, 0.05) is 15.7 Å². The number of aliphatic hydroxyl groups excluding tert-OH is 1. The first-order valence-electron chi connectivity index (χ1n) is 6.75. The molecule has 0 spiro atoms. The first kappa shape index (κ1) is 16.8. The average molecular weight is 292 g/mol. The van der Waals surface area contributed by atoms with Crippen molar-refractivity contribution in [1.82, 2.24) is 0 Å². The number of hydrogen-bond acceptors (Lipinski definition) is 3. The van der Waals surface area contributed by atoms with Crippen LogP contribution in [0.2, 0.25) is 0 Å². The molecule has 0 heterocycles. The minimum Gasteiger partial charge on any atom is -0.510 e. The molecule has 0 aliphatic carbocycles. The summed E-state index contributed by atoms with van der Waals surface area (Å²) in [6.07, 6.45) is 0. The van der Waals surface area contributed by atoms with Gasteiger partial charge >= 0.3 is 0 Å². The van der Waals surface area contributed by atoms with Crippen molar-refractivity contribution in [3.63, 3.8) is 0 Å². The van der Waals surface area contributed by atoms with Gasteiger partial charge in [0.15, 0.2) is 5.78 Å². The Balaban J connectivity index is 3.27. The number of benzene rings is 1. The Bertz CT molecular complexity index is 502. The molecular weight excluding hydrogens is 268 g/mol. The van der Waals surface area contributed by atoms with E-state index in [4.69, 9.17) is 0 Å². The summed E-state index contributed by atoms with van der Waals surface area (Å²) in [7, 11) is 0. The summed E-state index contributed by atoms with van der Waals surface area (Å²) in [5.74, 6) is 0.130. The van der Waals surface area contributed by atoms with Crippen molar-refractivity contribution in [3.8, 4) is 0 Å². The van der Waals surface area contributed by atoms with Crippen LogP contribution in [0, 0.1) is 10.8 Å². The van der Waals surface area contributed by atoms with Gasteiger partial charge in [-0.3, -0.25) is 4.79 Å². The van der Waals surface area contributed by atoms with Gasteiger partial charge in [-0.1, -0.05) is 71.5 Å². The summed E-state index contributed by atoms with van der Waals surface area (Å²) >= 11 is 1.34. The van der Waals surface area contributed by atoms with Crippen LogP contribution in [-0.2, 0) is 4.79 Å². The lowest BCUT2D eigenvalue weighted by molar-refractivity contribution is -0.122. The van der Waals surface area contributed by atoms with Crippen LogP contribution in [0.1, 0.15) is 41.5 Å². The number of Topliss-reactive ketones (excluding diaryl/α,β-unsaturated/α-hetero) is 1. The van der Waals surface area contributed by atoms with Crippen molar-refractivity contribution in [2.24, 2.45) is 10.8 Å². The highest BCUT2D eigenvalue weighted by molar-refractivity contribution is 8.04. The van der Waals surface area contributed by atoms with Crippen LogP contribution >= 0.6 is 11.8 Å². The van der Waals surface area contributed by atoms with Crippen LogP contribution in [-0.4, -0.2) is 10.9 Å². The Morgan fingerprint density at radius 3 is 1.85 bits per heavy atom. The summed E-state index contributed by atoms with van der Waals surface area (Å²) in [4.78, 5) is 14.0. The number of hydrogen-bond donors (Lipinski definition) is 1. The largest absolute Gasteiger partial charge is 0.510 e. The van der Waals surface area contributed by atoms with Crippen molar-refractivity contribution < 1.29 is 9.90 Å². The molecule has 1 rings (SSSR count). The molecule has 0 saturated heterocycles. The van der Waals surface area contributed by atoms with E-state index >= 15 is 0 Å². The highest BCUT2D eigenvalue weighted by atomic mass is 32.2. The molecule has 0 aliphatic rings. The number of carbonyl (C=O) groups excluding carboxylic acids is 1. The molecule has 0 aliphatic heterocycles. The van der Waals surface area contributed by atoms with Crippen molar-refractivity contribution in [3.05, 3.63) is 41.0 Å². The van der Waals surface area contributed by atoms with Gasteiger partial charge in [-0.05, 0) is 12.1 Å². The predicted octanol–water partition coefficient (Wildman–Crippen LogP) is 5.21.